The lowest BCUT2D eigenvalue weighted by Gasteiger charge is -2.08. The second-order valence-corrected chi connectivity index (χ2v) is 4.84. The Hall–Kier alpha value is -1.62. The highest BCUT2D eigenvalue weighted by Crippen LogP contribution is 2.24. The van der Waals surface area contributed by atoms with Crippen molar-refractivity contribution in [3.8, 4) is 0 Å². The molecular weight excluding hydrogens is 246 g/mol. The molecule has 5 heteroatoms. The number of thioether (sulfide) groups is 1. The maximum Gasteiger partial charge on any atom is 0.190 e. The molecule has 0 radical (unpaired) electrons. The fourth-order valence-corrected chi connectivity index (χ4v) is 2.24. The van der Waals surface area contributed by atoms with E-state index in [9.17, 15) is 4.79 Å². The van der Waals surface area contributed by atoms with E-state index in [2.05, 4.69) is 15.3 Å². The van der Waals surface area contributed by atoms with E-state index in [1.807, 2.05) is 31.2 Å². The molecule has 0 aliphatic carbocycles. The van der Waals surface area contributed by atoms with Crippen LogP contribution in [0.25, 0.3) is 10.9 Å². The maximum absolute atomic E-state index is 11.0. The molecule has 1 heterocycles. The summed E-state index contributed by atoms with van der Waals surface area (Å²) in [7, 11) is 0. The number of nitrogens with zero attached hydrogens (tertiary/aromatic N) is 2. The zero-order valence-corrected chi connectivity index (χ0v) is 11.3. The van der Waals surface area contributed by atoms with E-state index in [1.54, 1.807) is 6.92 Å². The first-order valence-corrected chi connectivity index (χ1v) is 6.82. The van der Waals surface area contributed by atoms with Crippen LogP contribution in [0.4, 0.5) is 5.82 Å². The Kier molecular flexibility index (Phi) is 4.15. The summed E-state index contributed by atoms with van der Waals surface area (Å²) in [5.41, 5.74) is 0.898. The second kappa shape index (κ2) is 5.82. The fourth-order valence-electron chi connectivity index (χ4n) is 1.59. The van der Waals surface area contributed by atoms with Crippen LogP contribution in [0.2, 0.25) is 0 Å². The molecule has 1 N–H and O–H groups in total. The molecule has 0 saturated heterocycles. The van der Waals surface area contributed by atoms with Crippen LogP contribution in [-0.2, 0) is 4.79 Å². The lowest BCUT2D eigenvalue weighted by Crippen LogP contribution is -2.03. The van der Waals surface area contributed by atoms with Crippen molar-refractivity contribution in [2.24, 2.45) is 0 Å². The molecular formula is C13H15N3OS. The van der Waals surface area contributed by atoms with Gasteiger partial charge in [-0.3, -0.25) is 4.79 Å². The van der Waals surface area contributed by atoms with Crippen molar-refractivity contribution in [3.05, 3.63) is 24.3 Å². The molecule has 0 unspecified atom stereocenters. The highest BCUT2D eigenvalue weighted by molar-refractivity contribution is 7.99. The third kappa shape index (κ3) is 2.98. The van der Waals surface area contributed by atoms with E-state index in [1.165, 1.54) is 11.8 Å². The van der Waals surface area contributed by atoms with Crippen molar-refractivity contribution in [1.82, 2.24) is 9.97 Å². The molecule has 0 saturated carbocycles. The Labute approximate surface area is 110 Å². The van der Waals surface area contributed by atoms with Crippen molar-refractivity contribution in [3.63, 3.8) is 0 Å². The van der Waals surface area contributed by atoms with E-state index < -0.39 is 0 Å². The molecule has 94 valence electrons. The lowest BCUT2D eigenvalue weighted by atomic mass is 10.2. The summed E-state index contributed by atoms with van der Waals surface area (Å²) < 4.78 is 0. The molecule has 4 nitrogen and oxygen atoms in total. The van der Waals surface area contributed by atoms with Crippen molar-refractivity contribution in [2.45, 2.75) is 19.0 Å². The molecule has 0 atom stereocenters. The number of Topliss-reactive ketones (excluding diaryl/α,β-unsaturated/α-hetero) is 1. The van der Waals surface area contributed by atoms with Crippen molar-refractivity contribution in [1.29, 1.82) is 0 Å². The number of aromatic nitrogens is 2. The third-order valence-corrected chi connectivity index (χ3v) is 3.32. The van der Waals surface area contributed by atoms with E-state index in [0.717, 1.165) is 23.3 Å². The zero-order valence-electron chi connectivity index (χ0n) is 10.4. The highest BCUT2D eigenvalue weighted by atomic mass is 32.2. The number of carbonyl (C=O) groups excluding carboxylic acids is 1. The first-order valence-electron chi connectivity index (χ1n) is 5.83. The fraction of sp³-hybridized carbons (Fsp3) is 0.308. The number of benzene rings is 1. The lowest BCUT2D eigenvalue weighted by molar-refractivity contribution is -0.114. The minimum Gasteiger partial charge on any atom is -0.370 e. The Bertz CT molecular complexity index is 571. The average molecular weight is 261 g/mol. The van der Waals surface area contributed by atoms with Gasteiger partial charge in [-0.2, -0.15) is 0 Å². The number of carbonyl (C=O) groups is 1. The molecule has 0 aliphatic rings. The van der Waals surface area contributed by atoms with Crippen molar-refractivity contribution in [2.75, 3.05) is 17.6 Å². The monoisotopic (exact) mass is 261 g/mol. The van der Waals surface area contributed by atoms with Crippen LogP contribution < -0.4 is 5.32 Å². The first-order chi connectivity index (χ1) is 8.70. The SMILES string of the molecule is CCNc1nc(SCC(C)=O)nc2ccccc12. The van der Waals surface area contributed by atoms with Gasteiger partial charge in [0.05, 0.1) is 11.3 Å². The van der Waals surface area contributed by atoms with Gasteiger partial charge < -0.3 is 5.32 Å². The van der Waals surface area contributed by atoms with E-state index >= 15 is 0 Å². The quantitative estimate of drug-likeness (QED) is 0.662. The first kappa shape index (κ1) is 12.8. The molecule has 2 aromatic rings. The summed E-state index contributed by atoms with van der Waals surface area (Å²) in [6.45, 7) is 4.40. The molecule has 1 aromatic heterocycles. The van der Waals surface area contributed by atoms with Crippen molar-refractivity contribution >= 4 is 34.3 Å². The number of rotatable bonds is 5. The molecule has 0 aliphatic heterocycles. The van der Waals surface area contributed by atoms with Gasteiger partial charge in [0.1, 0.15) is 11.6 Å². The van der Waals surface area contributed by atoms with E-state index in [0.29, 0.717) is 10.9 Å². The van der Waals surface area contributed by atoms with Gasteiger partial charge >= 0.3 is 0 Å². The highest BCUT2D eigenvalue weighted by Gasteiger charge is 2.07. The van der Waals surface area contributed by atoms with E-state index in [-0.39, 0.29) is 5.78 Å². The molecule has 2 rings (SSSR count). The minimum atomic E-state index is 0.127. The Morgan fingerprint density at radius 3 is 2.83 bits per heavy atom. The summed E-state index contributed by atoms with van der Waals surface area (Å²) in [5, 5.41) is 4.87. The molecule has 0 fully saturated rings. The Morgan fingerprint density at radius 2 is 2.11 bits per heavy atom. The molecule has 1 aromatic carbocycles. The molecule has 0 spiro atoms. The van der Waals surface area contributed by atoms with Gasteiger partial charge in [-0.05, 0) is 26.0 Å². The minimum absolute atomic E-state index is 0.127. The van der Waals surface area contributed by atoms with Gasteiger partial charge in [0.25, 0.3) is 0 Å². The van der Waals surface area contributed by atoms with Crippen LogP contribution in [0.1, 0.15) is 13.8 Å². The van der Waals surface area contributed by atoms with Crippen LogP contribution in [0.15, 0.2) is 29.4 Å². The number of nitrogens with one attached hydrogen (secondary N) is 1. The summed E-state index contributed by atoms with van der Waals surface area (Å²) in [4.78, 5) is 19.9. The van der Waals surface area contributed by atoms with Crippen molar-refractivity contribution < 1.29 is 4.79 Å². The molecule has 0 amide bonds. The van der Waals surface area contributed by atoms with Gasteiger partial charge in [-0.1, -0.05) is 23.9 Å². The average Bonchev–Trinajstić information content (AvgIpc) is 2.37. The van der Waals surface area contributed by atoms with Crippen LogP contribution >= 0.6 is 11.8 Å². The summed E-state index contributed by atoms with van der Waals surface area (Å²) >= 11 is 1.37. The van der Waals surface area contributed by atoms with E-state index in [4.69, 9.17) is 0 Å². The summed E-state index contributed by atoms with van der Waals surface area (Å²) in [5.74, 6) is 1.36. The van der Waals surface area contributed by atoms with Crippen LogP contribution in [0, 0.1) is 0 Å². The normalized spacial score (nSPS) is 10.6. The maximum atomic E-state index is 11.0. The van der Waals surface area contributed by atoms with Crippen LogP contribution in [0.3, 0.4) is 0 Å². The van der Waals surface area contributed by atoms with Crippen LogP contribution in [-0.4, -0.2) is 28.0 Å². The van der Waals surface area contributed by atoms with Gasteiger partial charge in [0.2, 0.25) is 0 Å². The smallest absolute Gasteiger partial charge is 0.190 e. The number of hydrogen-bond donors (Lipinski definition) is 1. The van der Waals surface area contributed by atoms with Gasteiger partial charge in [-0.15, -0.1) is 0 Å². The number of fused-ring (bicyclic) bond motifs is 1. The van der Waals surface area contributed by atoms with Gasteiger partial charge in [0, 0.05) is 11.9 Å². The largest absolute Gasteiger partial charge is 0.370 e. The van der Waals surface area contributed by atoms with Gasteiger partial charge in [-0.25, -0.2) is 9.97 Å². The Balaban J connectivity index is 2.40. The topological polar surface area (TPSA) is 54.9 Å². The predicted molar refractivity (Wildman–Crippen MR) is 75.1 cm³/mol. The third-order valence-electron chi connectivity index (χ3n) is 2.33. The van der Waals surface area contributed by atoms with Gasteiger partial charge in [0.15, 0.2) is 5.16 Å². The number of anilines is 1. The molecule has 18 heavy (non-hydrogen) atoms. The Morgan fingerprint density at radius 1 is 1.33 bits per heavy atom. The van der Waals surface area contributed by atoms with Crippen LogP contribution in [0.5, 0.6) is 0 Å². The standard InChI is InChI=1S/C13H15N3OS/c1-3-14-12-10-6-4-5-7-11(10)15-13(16-12)18-8-9(2)17/h4-7H,3,8H2,1-2H3,(H,14,15,16). The zero-order chi connectivity index (χ0) is 13.0. The second-order valence-electron chi connectivity index (χ2n) is 3.89. The summed E-state index contributed by atoms with van der Waals surface area (Å²) in [6, 6.07) is 7.86. The molecule has 0 bridgehead atoms. The summed E-state index contributed by atoms with van der Waals surface area (Å²) in [6.07, 6.45) is 0. The number of ketones is 1. The number of hydrogen-bond acceptors (Lipinski definition) is 5. The predicted octanol–water partition coefficient (Wildman–Crippen LogP) is 2.74. The number of para-hydroxylation sites is 1.